The number of pyridine rings is 1. The van der Waals surface area contributed by atoms with E-state index in [1.807, 2.05) is 12.1 Å². The molecule has 2 aromatic rings. The van der Waals surface area contributed by atoms with Gasteiger partial charge in [-0.15, -0.1) is 11.3 Å². The van der Waals surface area contributed by atoms with Crippen LogP contribution in [0.1, 0.15) is 15.2 Å². The van der Waals surface area contributed by atoms with Crippen LogP contribution in [0.25, 0.3) is 0 Å². The molecular weight excluding hydrogens is 374 g/mol. The molecule has 0 bridgehead atoms. The lowest BCUT2D eigenvalue weighted by molar-refractivity contribution is -0.384. The smallest absolute Gasteiger partial charge is 0.339 e. The Hall–Kier alpha value is -2.00. The minimum Gasteiger partial charge on any atom is -0.465 e. The summed E-state index contributed by atoms with van der Waals surface area (Å²) in [4.78, 5) is 28.9. The number of nitrogens with zero attached hydrogens (tertiary/aromatic N) is 3. The normalized spacial score (nSPS) is 10.3. The van der Waals surface area contributed by atoms with E-state index in [1.165, 1.54) is 30.7 Å². The Morgan fingerprint density at radius 3 is 2.82 bits per heavy atom. The zero-order chi connectivity index (χ0) is 16.3. The number of esters is 1. The van der Waals surface area contributed by atoms with Gasteiger partial charge in [0.15, 0.2) is 0 Å². The molecular formula is C13H12BrN3O4S. The Morgan fingerprint density at radius 2 is 2.27 bits per heavy atom. The van der Waals surface area contributed by atoms with Crippen molar-refractivity contribution >= 4 is 44.7 Å². The van der Waals surface area contributed by atoms with Gasteiger partial charge in [-0.1, -0.05) is 0 Å². The summed E-state index contributed by atoms with van der Waals surface area (Å²) in [6.45, 7) is 0.474. The van der Waals surface area contributed by atoms with Gasteiger partial charge in [0, 0.05) is 24.2 Å². The highest BCUT2D eigenvalue weighted by atomic mass is 79.9. The Balaban J connectivity index is 2.32. The number of thiophene rings is 1. The second-order valence-corrected chi connectivity index (χ2v) is 6.92. The molecule has 0 N–H and O–H groups in total. The molecule has 7 nitrogen and oxygen atoms in total. The minimum absolute atomic E-state index is 0.0465. The third-order valence-electron chi connectivity index (χ3n) is 2.85. The second-order valence-electron chi connectivity index (χ2n) is 4.38. The van der Waals surface area contributed by atoms with Crippen LogP contribution in [0.2, 0.25) is 0 Å². The summed E-state index contributed by atoms with van der Waals surface area (Å²) in [6.07, 6.45) is 1.27. The maximum Gasteiger partial charge on any atom is 0.339 e. The number of aromatic nitrogens is 1. The second kappa shape index (κ2) is 6.84. The zero-order valence-corrected chi connectivity index (χ0v) is 14.2. The molecule has 22 heavy (non-hydrogen) atoms. The van der Waals surface area contributed by atoms with Crippen LogP contribution in [-0.2, 0) is 11.3 Å². The third kappa shape index (κ3) is 3.60. The quantitative estimate of drug-likeness (QED) is 0.446. The molecule has 0 radical (unpaired) electrons. The van der Waals surface area contributed by atoms with Crippen LogP contribution >= 0.6 is 27.3 Å². The number of anilines is 1. The predicted octanol–water partition coefficient (Wildman–Crippen LogP) is 3.24. The lowest BCUT2D eigenvalue weighted by atomic mass is 10.2. The Labute approximate surface area is 138 Å². The van der Waals surface area contributed by atoms with Crippen molar-refractivity contribution in [3.05, 3.63) is 48.7 Å². The van der Waals surface area contributed by atoms with E-state index in [-0.39, 0.29) is 17.1 Å². The number of hydrogen-bond donors (Lipinski definition) is 0. The number of carbonyl (C=O) groups is 1. The third-order valence-corrected chi connectivity index (χ3v) is 4.46. The minimum atomic E-state index is -0.660. The van der Waals surface area contributed by atoms with Gasteiger partial charge in [0.05, 0.1) is 27.9 Å². The monoisotopic (exact) mass is 385 g/mol. The Bertz CT molecular complexity index is 719. The first-order chi connectivity index (χ1) is 10.4. The van der Waals surface area contributed by atoms with Crippen LogP contribution in [-0.4, -0.2) is 30.0 Å². The van der Waals surface area contributed by atoms with E-state index < -0.39 is 10.9 Å². The predicted molar refractivity (Wildman–Crippen MR) is 86.4 cm³/mol. The molecule has 9 heteroatoms. The SMILES string of the molecule is COC(=O)c1cnc(N(C)Cc2ccc(Br)s2)c([N+](=O)[O-])c1. The number of rotatable bonds is 5. The lowest BCUT2D eigenvalue weighted by Gasteiger charge is -2.17. The first-order valence-corrected chi connectivity index (χ1v) is 7.71. The number of hydrogen-bond acceptors (Lipinski definition) is 7. The van der Waals surface area contributed by atoms with E-state index in [1.54, 1.807) is 11.9 Å². The van der Waals surface area contributed by atoms with Gasteiger partial charge in [0.25, 0.3) is 0 Å². The number of ether oxygens (including phenoxy) is 1. The summed E-state index contributed by atoms with van der Waals surface area (Å²) < 4.78 is 5.54. The molecule has 116 valence electrons. The van der Waals surface area contributed by atoms with E-state index in [0.29, 0.717) is 6.54 Å². The van der Waals surface area contributed by atoms with Crippen LogP contribution in [0.5, 0.6) is 0 Å². The molecule has 0 aliphatic carbocycles. The molecule has 0 saturated carbocycles. The molecule has 2 rings (SSSR count). The summed E-state index contributed by atoms with van der Waals surface area (Å²) in [5, 5.41) is 11.2. The van der Waals surface area contributed by atoms with E-state index >= 15 is 0 Å². The molecule has 0 saturated heterocycles. The van der Waals surface area contributed by atoms with Crippen molar-refractivity contribution in [2.45, 2.75) is 6.54 Å². The topological polar surface area (TPSA) is 85.6 Å². The average Bonchev–Trinajstić information content (AvgIpc) is 2.90. The number of carbonyl (C=O) groups excluding carboxylic acids is 1. The number of halogens is 1. The van der Waals surface area contributed by atoms with Crippen molar-refractivity contribution in [3.8, 4) is 0 Å². The number of nitro groups is 1. The van der Waals surface area contributed by atoms with Gasteiger partial charge in [-0.05, 0) is 28.1 Å². The van der Waals surface area contributed by atoms with Crippen molar-refractivity contribution in [3.63, 3.8) is 0 Å². The molecule has 2 heterocycles. The molecule has 0 spiro atoms. The first-order valence-electron chi connectivity index (χ1n) is 6.10. The fourth-order valence-corrected chi connectivity index (χ4v) is 3.39. The fourth-order valence-electron chi connectivity index (χ4n) is 1.85. The Kier molecular flexibility index (Phi) is 5.09. The molecule has 0 atom stereocenters. The van der Waals surface area contributed by atoms with Gasteiger partial charge in [-0.2, -0.15) is 0 Å². The van der Waals surface area contributed by atoms with Gasteiger partial charge >= 0.3 is 11.7 Å². The average molecular weight is 386 g/mol. The van der Waals surface area contributed by atoms with Crippen LogP contribution < -0.4 is 4.90 Å². The van der Waals surface area contributed by atoms with Crippen molar-refractivity contribution in [1.82, 2.24) is 4.98 Å². The van der Waals surface area contributed by atoms with Crippen LogP contribution in [0.3, 0.4) is 0 Å². The van der Waals surface area contributed by atoms with Crippen molar-refractivity contribution in [2.75, 3.05) is 19.1 Å². The zero-order valence-electron chi connectivity index (χ0n) is 11.8. The summed E-state index contributed by atoms with van der Waals surface area (Å²) in [7, 11) is 2.92. The molecule has 0 fully saturated rings. The van der Waals surface area contributed by atoms with Crippen LogP contribution in [0, 0.1) is 10.1 Å². The Morgan fingerprint density at radius 1 is 1.55 bits per heavy atom. The molecule has 0 aliphatic rings. The standard InChI is InChI=1S/C13H12BrN3O4S/c1-16(7-9-3-4-11(14)22-9)12-10(17(19)20)5-8(6-15-12)13(18)21-2/h3-6H,7H2,1-2H3. The summed E-state index contributed by atoms with van der Waals surface area (Å²) in [5.74, 6) is -0.464. The highest BCUT2D eigenvalue weighted by Gasteiger charge is 2.22. The van der Waals surface area contributed by atoms with Crippen molar-refractivity contribution in [2.24, 2.45) is 0 Å². The van der Waals surface area contributed by atoms with E-state index in [2.05, 4.69) is 25.7 Å². The van der Waals surface area contributed by atoms with Gasteiger partial charge in [0.2, 0.25) is 5.82 Å². The van der Waals surface area contributed by atoms with Crippen molar-refractivity contribution < 1.29 is 14.5 Å². The van der Waals surface area contributed by atoms with Gasteiger partial charge in [-0.25, -0.2) is 9.78 Å². The van der Waals surface area contributed by atoms with E-state index in [4.69, 9.17) is 0 Å². The van der Waals surface area contributed by atoms with Crippen LogP contribution in [0.15, 0.2) is 28.2 Å². The number of methoxy groups -OCH3 is 1. The summed E-state index contributed by atoms with van der Waals surface area (Å²) >= 11 is 4.91. The fraction of sp³-hybridized carbons (Fsp3) is 0.231. The van der Waals surface area contributed by atoms with Gasteiger partial charge < -0.3 is 9.64 Å². The molecule has 2 aromatic heterocycles. The highest BCUT2D eigenvalue weighted by Crippen LogP contribution is 2.29. The first kappa shape index (κ1) is 16.4. The molecule has 0 aliphatic heterocycles. The van der Waals surface area contributed by atoms with E-state index in [9.17, 15) is 14.9 Å². The summed E-state index contributed by atoms with van der Waals surface area (Å²) in [6, 6.07) is 5.02. The molecule has 0 amide bonds. The molecule has 0 unspecified atom stereocenters. The van der Waals surface area contributed by atoms with Crippen LogP contribution in [0.4, 0.5) is 11.5 Å². The molecule has 0 aromatic carbocycles. The van der Waals surface area contributed by atoms with Gasteiger partial charge in [0.1, 0.15) is 0 Å². The highest BCUT2D eigenvalue weighted by molar-refractivity contribution is 9.11. The maximum absolute atomic E-state index is 11.5. The van der Waals surface area contributed by atoms with Gasteiger partial charge in [-0.3, -0.25) is 10.1 Å². The summed E-state index contributed by atoms with van der Waals surface area (Å²) in [5.41, 5.74) is -0.189. The lowest BCUT2D eigenvalue weighted by Crippen LogP contribution is -2.19. The van der Waals surface area contributed by atoms with Crippen molar-refractivity contribution in [1.29, 1.82) is 0 Å². The van der Waals surface area contributed by atoms with E-state index in [0.717, 1.165) is 8.66 Å². The maximum atomic E-state index is 11.5. The largest absolute Gasteiger partial charge is 0.465 e.